The molecule has 1 unspecified atom stereocenters. The molecule has 0 bridgehead atoms. The van der Waals surface area contributed by atoms with Gasteiger partial charge in [0.15, 0.2) is 0 Å². The van der Waals surface area contributed by atoms with E-state index in [1.165, 1.54) is 0 Å². The molecule has 3 heteroatoms. The Morgan fingerprint density at radius 3 is 2.60 bits per heavy atom. The Morgan fingerprint density at radius 1 is 1.60 bits per heavy atom. The third kappa shape index (κ3) is 1.48. The summed E-state index contributed by atoms with van der Waals surface area (Å²) in [6.45, 7) is 0. The van der Waals surface area contributed by atoms with Crippen molar-refractivity contribution in [3.8, 4) is 0 Å². The molecule has 1 fully saturated rings. The molecule has 0 heterocycles. The SMILES string of the molecule is CN[C@@H]1CCC(C(=O)O)C1. The second-order valence-corrected chi connectivity index (χ2v) is 2.83. The molecule has 0 aromatic rings. The van der Waals surface area contributed by atoms with Crippen LogP contribution >= 0.6 is 0 Å². The third-order valence-corrected chi connectivity index (χ3v) is 2.19. The van der Waals surface area contributed by atoms with E-state index >= 15 is 0 Å². The molecule has 10 heavy (non-hydrogen) atoms. The normalized spacial score (nSPS) is 32.5. The topological polar surface area (TPSA) is 49.3 Å². The average Bonchev–Trinajstić information content (AvgIpc) is 2.34. The van der Waals surface area contributed by atoms with E-state index in [1.54, 1.807) is 0 Å². The maximum Gasteiger partial charge on any atom is 0.306 e. The number of hydrogen-bond acceptors (Lipinski definition) is 2. The van der Waals surface area contributed by atoms with Crippen LogP contribution in [0.25, 0.3) is 0 Å². The van der Waals surface area contributed by atoms with Crippen LogP contribution in [0.2, 0.25) is 0 Å². The van der Waals surface area contributed by atoms with Crippen molar-refractivity contribution in [3.05, 3.63) is 0 Å². The summed E-state index contributed by atoms with van der Waals surface area (Å²) < 4.78 is 0. The molecule has 1 aliphatic carbocycles. The van der Waals surface area contributed by atoms with E-state index in [0.29, 0.717) is 6.04 Å². The van der Waals surface area contributed by atoms with Crippen LogP contribution in [0, 0.1) is 5.92 Å². The Labute approximate surface area is 60.4 Å². The Kier molecular flexibility index (Phi) is 2.27. The third-order valence-electron chi connectivity index (χ3n) is 2.19. The highest BCUT2D eigenvalue weighted by Crippen LogP contribution is 2.24. The van der Waals surface area contributed by atoms with E-state index < -0.39 is 5.97 Å². The zero-order valence-electron chi connectivity index (χ0n) is 6.13. The Bertz CT molecular complexity index is 136. The van der Waals surface area contributed by atoms with Crippen molar-refractivity contribution < 1.29 is 9.90 Å². The molecule has 2 atom stereocenters. The molecule has 0 amide bonds. The molecule has 2 N–H and O–H groups in total. The highest BCUT2D eigenvalue weighted by atomic mass is 16.4. The van der Waals surface area contributed by atoms with Gasteiger partial charge < -0.3 is 10.4 Å². The van der Waals surface area contributed by atoms with Crippen LogP contribution in [0.1, 0.15) is 19.3 Å². The number of nitrogens with one attached hydrogen (secondary N) is 1. The summed E-state index contributed by atoms with van der Waals surface area (Å²) in [7, 11) is 1.88. The van der Waals surface area contributed by atoms with Gasteiger partial charge in [0.2, 0.25) is 0 Å². The van der Waals surface area contributed by atoms with Crippen molar-refractivity contribution in [3.63, 3.8) is 0 Å². The number of carboxylic acids is 1. The average molecular weight is 143 g/mol. The first-order valence-corrected chi connectivity index (χ1v) is 3.64. The largest absolute Gasteiger partial charge is 0.481 e. The minimum atomic E-state index is -0.641. The Morgan fingerprint density at radius 2 is 2.30 bits per heavy atom. The van der Waals surface area contributed by atoms with E-state index in [1.807, 2.05) is 7.05 Å². The van der Waals surface area contributed by atoms with Gasteiger partial charge in [-0.15, -0.1) is 0 Å². The monoisotopic (exact) mass is 143 g/mol. The number of carboxylic acid groups (broad SMARTS) is 1. The summed E-state index contributed by atoms with van der Waals surface area (Å²) in [6, 6.07) is 0.432. The molecule has 58 valence electrons. The smallest absolute Gasteiger partial charge is 0.306 e. The minimum Gasteiger partial charge on any atom is -0.481 e. The van der Waals surface area contributed by atoms with Crippen molar-refractivity contribution in [2.24, 2.45) is 5.92 Å². The predicted molar refractivity (Wildman–Crippen MR) is 37.8 cm³/mol. The summed E-state index contributed by atoms with van der Waals surface area (Å²) in [5.41, 5.74) is 0. The molecule has 0 spiro atoms. The molecule has 3 nitrogen and oxygen atoms in total. The summed E-state index contributed by atoms with van der Waals surface area (Å²) in [4.78, 5) is 10.4. The minimum absolute atomic E-state index is 0.0996. The van der Waals surface area contributed by atoms with Gasteiger partial charge in [-0.05, 0) is 26.3 Å². The van der Waals surface area contributed by atoms with Crippen LogP contribution in [0.4, 0.5) is 0 Å². The van der Waals surface area contributed by atoms with E-state index in [2.05, 4.69) is 5.32 Å². The molecular weight excluding hydrogens is 130 g/mol. The maximum absolute atomic E-state index is 10.4. The molecule has 1 rings (SSSR count). The highest BCUT2D eigenvalue weighted by molar-refractivity contribution is 5.70. The number of rotatable bonds is 2. The van der Waals surface area contributed by atoms with Gasteiger partial charge >= 0.3 is 5.97 Å². The van der Waals surface area contributed by atoms with Gasteiger partial charge in [0, 0.05) is 6.04 Å². The van der Waals surface area contributed by atoms with Crippen LogP contribution in [0.5, 0.6) is 0 Å². The molecule has 0 saturated heterocycles. The van der Waals surface area contributed by atoms with E-state index in [9.17, 15) is 4.79 Å². The molecular formula is C7H13NO2. The van der Waals surface area contributed by atoms with Crippen molar-refractivity contribution in [1.29, 1.82) is 0 Å². The fourth-order valence-electron chi connectivity index (χ4n) is 1.47. The van der Waals surface area contributed by atoms with Gasteiger partial charge in [-0.1, -0.05) is 0 Å². The van der Waals surface area contributed by atoms with Crippen molar-refractivity contribution >= 4 is 5.97 Å². The predicted octanol–water partition coefficient (Wildman–Crippen LogP) is 0.459. The number of carbonyl (C=O) groups is 1. The van der Waals surface area contributed by atoms with Gasteiger partial charge in [0.1, 0.15) is 0 Å². The Balaban J connectivity index is 2.35. The van der Waals surface area contributed by atoms with Gasteiger partial charge in [-0.25, -0.2) is 0 Å². The Hall–Kier alpha value is -0.570. The summed E-state index contributed by atoms with van der Waals surface area (Å²) in [6.07, 6.45) is 2.64. The fourth-order valence-corrected chi connectivity index (χ4v) is 1.47. The lowest BCUT2D eigenvalue weighted by Gasteiger charge is -2.05. The van der Waals surface area contributed by atoms with Crippen molar-refractivity contribution in [1.82, 2.24) is 5.32 Å². The van der Waals surface area contributed by atoms with Gasteiger partial charge in [0.05, 0.1) is 5.92 Å². The lowest BCUT2D eigenvalue weighted by molar-refractivity contribution is -0.141. The second kappa shape index (κ2) is 3.01. The molecule has 0 aromatic heterocycles. The van der Waals surface area contributed by atoms with Gasteiger partial charge in [0.25, 0.3) is 0 Å². The van der Waals surface area contributed by atoms with Crippen LogP contribution in [-0.4, -0.2) is 24.2 Å². The lowest BCUT2D eigenvalue weighted by atomic mass is 10.1. The van der Waals surface area contributed by atoms with Crippen LogP contribution < -0.4 is 5.32 Å². The first-order valence-electron chi connectivity index (χ1n) is 3.64. The number of aliphatic carboxylic acids is 1. The fraction of sp³-hybridized carbons (Fsp3) is 0.857. The summed E-state index contributed by atoms with van der Waals surface area (Å²) in [5, 5.41) is 11.7. The number of hydrogen-bond donors (Lipinski definition) is 2. The molecule has 1 saturated carbocycles. The van der Waals surface area contributed by atoms with Crippen molar-refractivity contribution in [2.75, 3.05) is 7.05 Å². The maximum atomic E-state index is 10.4. The van der Waals surface area contributed by atoms with Crippen LogP contribution in [0.15, 0.2) is 0 Å². The summed E-state index contributed by atoms with van der Waals surface area (Å²) in [5.74, 6) is -0.741. The lowest BCUT2D eigenvalue weighted by Crippen LogP contribution is -2.22. The molecule has 0 aliphatic heterocycles. The summed E-state index contributed by atoms with van der Waals surface area (Å²) >= 11 is 0. The molecule has 0 aromatic carbocycles. The molecule has 0 radical (unpaired) electrons. The van der Waals surface area contributed by atoms with Gasteiger partial charge in [-0.3, -0.25) is 4.79 Å². The highest BCUT2D eigenvalue weighted by Gasteiger charge is 2.28. The molecule has 1 aliphatic rings. The second-order valence-electron chi connectivity index (χ2n) is 2.83. The zero-order valence-corrected chi connectivity index (χ0v) is 6.13. The van der Waals surface area contributed by atoms with Crippen LogP contribution in [-0.2, 0) is 4.79 Å². The first-order chi connectivity index (χ1) is 4.74. The van der Waals surface area contributed by atoms with Gasteiger partial charge in [-0.2, -0.15) is 0 Å². The zero-order chi connectivity index (χ0) is 7.56. The van der Waals surface area contributed by atoms with Crippen LogP contribution in [0.3, 0.4) is 0 Å². The standard InChI is InChI=1S/C7H13NO2/c1-8-6-3-2-5(4-6)7(9)10/h5-6,8H,2-4H2,1H3,(H,9,10)/t5?,6-/m1/s1. The van der Waals surface area contributed by atoms with E-state index in [4.69, 9.17) is 5.11 Å². The van der Waals surface area contributed by atoms with E-state index in [-0.39, 0.29) is 5.92 Å². The first kappa shape index (κ1) is 7.54. The van der Waals surface area contributed by atoms with E-state index in [0.717, 1.165) is 19.3 Å². The van der Waals surface area contributed by atoms with Crippen molar-refractivity contribution in [2.45, 2.75) is 25.3 Å². The quantitative estimate of drug-likeness (QED) is 0.590.